The number of benzene rings is 1. The highest BCUT2D eigenvalue weighted by atomic mass is 16.5. The smallest absolute Gasteiger partial charge is 0.243 e. The number of aromatic nitrogens is 4. The molecule has 0 unspecified atom stereocenters. The molecule has 2 saturated heterocycles. The lowest BCUT2D eigenvalue weighted by Gasteiger charge is -2.47. The maximum absolute atomic E-state index is 13.9. The number of anilines is 1. The number of nitrogens with one attached hydrogen (secondary N) is 1. The number of carbonyl (C=O) groups is 1. The summed E-state index contributed by atoms with van der Waals surface area (Å²) in [7, 11) is 1.92. The van der Waals surface area contributed by atoms with Crippen molar-refractivity contribution >= 4 is 11.9 Å². The molecular weight excluding hydrogens is 506 g/mol. The van der Waals surface area contributed by atoms with E-state index in [0.717, 1.165) is 59.5 Å². The largest absolute Gasteiger partial charge is 0.491 e. The Morgan fingerprint density at radius 1 is 1.05 bits per heavy atom. The van der Waals surface area contributed by atoms with Crippen molar-refractivity contribution in [1.82, 2.24) is 30.0 Å². The Balaban J connectivity index is 1.27. The lowest BCUT2D eigenvalue weighted by atomic mass is 9.84. The number of piperidine rings is 1. The van der Waals surface area contributed by atoms with E-state index in [0.29, 0.717) is 39.1 Å². The van der Waals surface area contributed by atoms with Crippen LogP contribution in [0.3, 0.4) is 0 Å². The average molecular weight is 548 g/mol. The lowest BCUT2D eigenvalue weighted by molar-refractivity contribution is -0.143. The molecule has 3 aromatic rings. The highest BCUT2D eigenvalue weighted by molar-refractivity contribution is 5.87. The minimum absolute atomic E-state index is 0.151. The van der Waals surface area contributed by atoms with Gasteiger partial charge >= 0.3 is 0 Å². The molecule has 1 aromatic carbocycles. The maximum atomic E-state index is 13.9. The Kier molecular flexibility index (Phi) is 8.37. The third-order valence-corrected chi connectivity index (χ3v) is 7.61. The van der Waals surface area contributed by atoms with E-state index in [-0.39, 0.29) is 12.0 Å². The molecule has 2 aromatic heterocycles. The van der Waals surface area contributed by atoms with Crippen LogP contribution < -0.4 is 15.0 Å². The molecule has 40 heavy (non-hydrogen) atoms. The molecule has 4 heterocycles. The molecule has 0 atom stereocenters. The first-order valence-corrected chi connectivity index (χ1v) is 14.2. The van der Waals surface area contributed by atoms with Crippen LogP contribution in [-0.4, -0.2) is 81.6 Å². The van der Waals surface area contributed by atoms with Crippen LogP contribution in [0.1, 0.15) is 43.8 Å². The molecule has 0 aliphatic carbocycles. The minimum atomic E-state index is -0.561. The van der Waals surface area contributed by atoms with Gasteiger partial charge in [-0.25, -0.2) is 9.97 Å². The second-order valence-electron chi connectivity index (χ2n) is 11.1. The van der Waals surface area contributed by atoms with Gasteiger partial charge in [0.15, 0.2) is 0 Å². The van der Waals surface area contributed by atoms with Gasteiger partial charge in [-0.1, -0.05) is 12.1 Å². The van der Waals surface area contributed by atoms with Gasteiger partial charge in [0.25, 0.3) is 0 Å². The van der Waals surface area contributed by atoms with Crippen molar-refractivity contribution in [2.24, 2.45) is 7.05 Å². The van der Waals surface area contributed by atoms with Crippen LogP contribution in [0.25, 0.3) is 11.1 Å². The van der Waals surface area contributed by atoms with E-state index in [2.05, 4.69) is 26.3 Å². The second kappa shape index (κ2) is 11.9. The molecule has 2 fully saturated rings. The number of amides is 1. The first kappa shape index (κ1) is 28.0. The van der Waals surface area contributed by atoms with Crippen LogP contribution in [0.5, 0.6) is 5.75 Å². The van der Waals surface area contributed by atoms with E-state index < -0.39 is 5.54 Å². The standard InChI is InChI=1S/C30H41N7O3/c1-21(2)39-15-16-40-25-8-6-7-24(18-25)26-19-35(5)34-27(26)20-37-14-11-31-30(28(37)38)9-12-36(13-10-30)29-32-22(3)17-23(4)33-29/h6-8,17-19,21,31H,9-16,20H2,1-5H3. The predicted molar refractivity (Wildman–Crippen MR) is 154 cm³/mol. The molecule has 0 saturated carbocycles. The van der Waals surface area contributed by atoms with Gasteiger partial charge in [0.05, 0.1) is 24.9 Å². The van der Waals surface area contributed by atoms with Crippen molar-refractivity contribution in [1.29, 1.82) is 0 Å². The molecule has 0 bridgehead atoms. The van der Waals surface area contributed by atoms with E-state index in [4.69, 9.17) is 14.6 Å². The molecule has 10 heteroatoms. The van der Waals surface area contributed by atoms with Gasteiger partial charge in [0.1, 0.15) is 17.9 Å². The first-order chi connectivity index (χ1) is 19.2. The number of hydrogen-bond donors (Lipinski definition) is 1. The van der Waals surface area contributed by atoms with E-state index in [1.807, 2.05) is 74.8 Å². The van der Waals surface area contributed by atoms with Gasteiger partial charge in [-0.3, -0.25) is 9.48 Å². The molecule has 2 aliphatic rings. The van der Waals surface area contributed by atoms with Gasteiger partial charge in [-0.15, -0.1) is 0 Å². The number of ether oxygens (including phenoxy) is 2. The van der Waals surface area contributed by atoms with Crippen molar-refractivity contribution in [3.8, 4) is 16.9 Å². The minimum Gasteiger partial charge on any atom is -0.491 e. The zero-order chi connectivity index (χ0) is 28.3. The quantitative estimate of drug-likeness (QED) is 0.408. The molecular formula is C30H41N7O3. The van der Waals surface area contributed by atoms with Gasteiger partial charge in [0.2, 0.25) is 11.9 Å². The third-order valence-electron chi connectivity index (χ3n) is 7.61. The summed E-state index contributed by atoms with van der Waals surface area (Å²) >= 11 is 0. The summed E-state index contributed by atoms with van der Waals surface area (Å²) < 4.78 is 13.3. The van der Waals surface area contributed by atoms with E-state index in [9.17, 15) is 4.79 Å². The molecule has 5 rings (SSSR count). The first-order valence-electron chi connectivity index (χ1n) is 14.2. The highest BCUT2D eigenvalue weighted by Gasteiger charge is 2.46. The Morgan fingerprint density at radius 2 is 1.80 bits per heavy atom. The molecule has 1 amide bonds. The molecule has 0 radical (unpaired) electrons. The fourth-order valence-electron chi connectivity index (χ4n) is 5.66. The summed E-state index contributed by atoms with van der Waals surface area (Å²) in [5.41, 5.74) is 4.27. The normalized spacial score (nSPS) is 17.2. The Hall–Kier alpha value is -3.50. The van der Waals surface area contributed by atoms with Crippen molar-refractivity contribution in [3.05, 3.63) is 53.6 Å². The number of hydrogen-bond acceptors (Lipinski definition) is 8. The summed E-state index contributed by atoms with van der Waals surface area (Å²) in [6.07, 6.45) is 3.63. The van der Waals surface area contributed by atoms with Crippen LogP contribution in [0, 0.1) is 13.8 Å². The number of aryl methyl sites for hydroxylation is 3. The van der Waals surface area contributed by atoms with Crippen LogP contribution in [0.15, 0.2) is 36.5 Å². The summed E-state index contributed by atoms with van der Waals surface area (Å²) in [5, 5.41) is 8.33. The summed E-state index contributed by atoms with van der Waals surface area (Å²) in [6.45, 7) is 12.4. The molecule has 2 aliphatic heterocycles. The number of nitrogens with zero attached hydrogens (tertiary/aromatic N) is 6. The maximum Gasteiger partial charge on any atom is 0.243 e. The number of rotatable bonds is 9. The summed E-state index contributed by atoms with van der Waals surface area (Å²) in [5.74, 6) is 1.69. The lowest BCUT2D eigenvalue weighted by Crippen LogP contribution is -2.67. The number of piperazine rings is 1. The highest BCUT2D eigenvalue weighted by Crippen LogP contribution is 2.32. The molecule has 1 N–H and O–H groups in total. The molecule has 1 spiro atoms. The second-order valence-corrected chi connectivity index (χ2v) is 11.1. The zero-order valence-electron chi connectivity index (χ0n) is 24.3. The SMILES string of the molecule is Cc1cc(C)nc(N2CCC3(CC2)NCCN(Cc2nn(C)cc2-c2cccc(OCCOC(C)C)c2)C3=O)n1. The summed E-state index contributed by atoms with van der Waals surface area (Å²) in [6, 6.07) is 10.0. The monoisotopic (exact) mass is 547 g/mol. The predicted octanol–water partition coefficient (Wildman–Crippen LogP) is 3.27. The topological polar surface area (TPSA) is 97.6 Å². The van der Waals surface area contributed by atoms with Crippen molar-refractivity contribution in [2.75, 3.05) is 44.3 Å². The van der Waals surface area contributed by atoms with Gasteiger partial charge in [-0.2, -0.15) is 5.10 Å². The molecule has 214 valence electrons. The van der Waals surface area contributed by atoms with Gasteiger partial charge in [0, 0.05) is 56.4 Å². The average Bonchev–Trinajstić information content (AvgIpc) is 3.29. The fraction of sp³-hybridized carbons (Fsp3) is 0.533. The Labute approximate surface area is 236 Å². The fourth-order valence-corrected chi connectivity index (χ4v) is 5.66. The van der Waals surface area contributed by atoms with Crippen LogP contribution in [0.4, 0.5) is 5.95 Å². The number of carbonyl (C=O) groups excluding carboxylic acids is 1. The van der Waals surface area contributed by atoms with Crippen LogP contribution >= 0.6 is 0 Å². The Bertz CT molecular complexity index is 1310. The molecule has 10 nitrogen and oxygen atoms in total. The van der Waals surface area contributed by atoms with E-state index in [1.165, 1.54) is 0 Å². The zero-order valence-corrected chi connectivity index (χ0v) is 24.3. The van der Waals surface area contributed by atoms with E-state index in [1.54, 1.807) is 0 Å². The van der Waals surface area contributed by atoms with Crippen molar-refractivity contribution in [2.45, 2.75) is 58.7 Å². The van der Waals surface area contributed by atoms with E-state index >= 15 is 0 Å². The van der Waals surface area contributed by atoms with Crippen LogP contribution in [-0.2, 0) is 23.1 Å². The van der Waals surface area contributed by atoms with Crippen molar-refractivity contribution < 1.29 is 14.3 Å². The van der Waals surface area contributed by atoms with Crippen molar-refractivity contribution in [3.63, 3.8) is 0 Å². The van der Waals surface area contributed by atoms with Gasteiger partial charge in [-0.05, 0) is 64.3 Å². The van der Waals surface area contributed by atoms with Crippen LogP contribution in [0.2, 0.25) is 0 Å². The third kappa shape index (κ3) is 6.28. The Morgan fingerprint density at radius 3 is 2.52 bits per heavy atom. The summed E-state index contributed by atoms with van der Waals surface area (Å²) in [4.78, 5) is 27.3. The van der Waals surface area contributed by atoms with Gasteiger partial charge < -0.3 is 24.6 Å².